The molecule has 1 N–H and O–H groups in total. The number of hydrogen-bond acceptors (Lipinski definition) is 5. The summed E-state index contributed by atoms with van der Waals surface area (Å²) in [5.74, 6) is 0.151. The van der Waals surface area contributed by atoms with E-state index in [1.807, 2.05) is 34.1 Å². The predicted octanol–water partition coefficient (Wildman–Crippen LogP) is 1.35. The second kappa shape index (κ2) is 11.8. The summed E-state index contributed by atoms with van der Waals surface area (Å²) in [5.41, 5.74) is 0.674. The van der Waals surface area contributed by atoms with Crippen LogP contribution in [0.4, 0.5) is 0 Å². The smallest absolute Gasteiger partial charge is 0.253 e. The van der Waals surface area contributed by atoms with E-state index in [1.54, 1.807) is 0 Å². The molecule has 2 aliphatic heterocycles. The molecule has 30 heavy (non-hydrogen) atoms. The number of rotatable bonds is 8. The van der Waals surface area contributed by atoms with Crippen LogP contribution in [0, 0.1) is 0 Å². The van der Waals surface area contributed by atoms with Crippen molar-refractivity contribution in [3.05, 3.63) is 34.3 Å². The lowest BCUT2D eigenvalue weighted by molar-refractivity contribution is -0.131. The number of nitrogens with zero attached hydrogens (tertiary/aromatic N) is 4. The van der Waals surface area contributed by atoms with Gasteiger partial charge < -0.3 is 24.9 Å². The number of benzene rings is 1. The third-order valence-corrected chi connectivity index (χ3v) is 6.47. The van der Waals surface area contributed by atoms with Crippen LogP contribution in [-0.4, -0.2) is 110 Å². The largest absolute Gasteiger partial charge is 0.340 e. The molecular weight excluding hydrogens is 446 g/mol. The molecule has 0 aromatic heterocycles. The Labute approximate surface area is 188 Å². The van der Waals surface area contributed by atoms with Crippen LogP contribution in [0.3, 0.4) is 0 Å². The zero-order valence-corrected chi connectivity index (χ0v) is 19.6. The second-order valence-corrected chi connectivity index (χ2v) is 9.09. The summed E-state index contributed by atoms with van der Waals surface area (Å²) in [4.78, 5) is 34.3. The highest BCUT2D eigenvalue weighted by molar-refractivity contribution is 9.10. The lowest BCUT2D eigenvalue weighted by atomic mass is 10.1. The van der Waals surface area contributed by atoms with Gasteiger partial charge in [0.1, 0.15) is 0 Å². The van der Waals surface area contributed by atoms with E-state index >= 15 is 0 Å². The second-order valence-electron chi connectivity index (χ2n) is 8.18. The van der Waals surface area contributed by atoms with Gasteiger partial charge in [-0.3, -0.25) is 9.59 Å². The number of halogens is 1. The number of amides is 2. The van der Waals surface area contributed by atoms with E-state index in [-0.39, 0.29) is 11.8 Å². The van der Waals surface area contributed by atoms with Crippen molar-refractivity contribution >= 4 is 27.7 Å². The van der Waals surface area contributed by atoms with E-state index in [9.17, 15) is 9.59 Å². The Morgan fingerprint density at radius 2 is 1.67 bits per heavy atom. The van der Waals surface area contributed by atoms with E-state index in [0.717, 1.165) is 69.8 Å². The lowest BCUT2D eigenvalue weighted by Crippen LogP contribution is -2.47. The summed E-state index contributed by atoms with van der Waals surface area (Å²) in [6, 6.07) is 7.47. The van der Waals surface area contributed by atoms with Gasteiger partial charge >= 0.3 is 0 Å². The molecule has 0 saturated carbocycles. The van der Waals surface area contributed by atoms with Gasteiger partial charge in [0.2, 0.25) is 5.91 Å². The molecule has 2 saturated heterocycles. The van der Waals surface area contributed by atoms with Crippen molar-refractivity contribution in [2.24, 2.45) is 0 Å². The van der Waals surface area contributed by atoms with Crippen molar-refractivity contribution in [3.8, 4) is 0 Å². The van der Waals surface area contributed by atoms with E-state index < -0.39 is 0 Å². The molecule has 3 rings (SSSR count). The highest BCUT2D eigenvalue weighted by atomic mass is 79.9. The zero-order chi connectivity index (χ0) is 21.3. The minimum atomic E-state index is 0.00832. The van der Waals surface area contributed by atoms with E-state index in [4.69, 9.17) is 0 Å². The molecule has 1 aromatic rings. The van der Waals surface area contributed by atoms with Crippen LogP contribution < -0.4 is 5.32 Å². The summed E-state index contributed by atoms with van der Waals surface area (Å²) in [5, 5.41) is 3.27. The van der Waals surface area contributed by atoms with Crippen molar-refractivity contribution in [1.29, 1.82) is 0 Å². The number of nitrogens with one attached hydrogen (secondary N) is 1. The van der Waals surface area contributed by atoms with Crippen molar-refractivity contribution < 1.29 is 9.59 Å². The number of carbonyl (C=O) groups excluding carboxylic acids is 2. The topological polar surface area (TPSA) is 59.1 Å². The maximum atomic E-state index is 13.1. The van der Waals surface area contributed by atoms with Crippen molar-refractivity contribution in [3.63, 3.8) is 0 Å². The molecule has 2 aliphatic rings. The first kappa shape index (κ1) is 23.2. The van der Waals surface area contributed by atoms with Crippen LogP contribution in [0.2, 0.25) is 0 Å². The minimum absolute atomic E-state index is 0.00832. The molecule has 0 spiro atoms. The number of hydrogen-bond donors (Lipinski definition) is 1. The van der Waals surface area contributed by atoms with Gasteiger partial charge in [-0.15, -0.1) is 0 Å². The normalized spacial score (nSPS) is 18.4. The molecule has 2 fully saturated rings. The standard InChI is InChI=1S/C22H34BrN5O2/c1-25-15-17-26(18-16-25)10-2-11-28(22(30)19-3-5-20(23)6-4-19)12-7-21(29)27-13-8-24-9-14-27/h3-6,24H,2,7-18H2,1H3. The lowest BCUT2D eigenvalue weighted by Gasteiger charge is -2.33. The molecule has 2 heterocycles. The first-order valence-corrected chi connectivity index (χ1v) is 11.8. The van der Waals surface area contributed by atoms with E-state index in [1.165, 1.54) is 0 Å². The fourth-order valence-corrected chi connectivity index (χ4v) is 4.21. The Morgan fingerprint density at radius 3 is 2.33 bits per heavy atom. The van der Waals surface area contributed by atoms with Crippen LogP contribution in [0.15, 0.2) is 28.7 Å². The zero-order valence-electron chi connectivity index (χ0n) is 18.0. The highest BCUT2D eigenvalue weighted by Crippen LogP contribution is 2.14. The Kier molecular flexibility index (Phi) is 9.11. The molecule has 166 valence electrons. The third kappa shape index (κ3) is 7.04. The molecule has 2 amide bonds. The number of piperazine rings is 2. The predicted molar refractivity (Wildman–Crippen MR) is 123 cm³/mol. The molecule has 7 nitrogen and oxygen atoms in total. The van der Waals surface area contributed by atoms with Gasteiger partial charge in [-0.25, -0.2) is 0 Å². The summed E-state index contributed by atoms with van der Waals surface area (Å²) in [6.07, 6.45) is 1.31. The van der Waals surface area contributed by atoms with Crippen LogP contribution in [0.25, 0.3) is 0 Å². The highest BCUT2D eigenvalue weighted by Gasteiger charge is 2.21. The van der Waals surface area contributed by atoms with Gasteiger partial charge in [-0.2, -0.15) is 0 Å². The molecule has 0 aliphatic carbocycles. The van der Waals surface area contributed by atoms with Gasteiger partial charge in [0, 0.05) is 81.9 Å². The van der Waals surface area contributed by atoms with Gasteiger partial charge in [0.15, 0.2) is 0 Å². The Bertz CT molecular complexity index is 685. The van der Waals surface area contributed by atoms with Crippen LogP contribution >= 0.6 is 15.9 Å². The fourth-order valence-electron chi connectivity index (χ4n) is 3.95. The molecule has 0 unspecified atom stereocenters. The third-order valence-electron chi connectivity index (χ3n) is 5.94. The summed E-state index contributed by atoms with van der Waals surface area (Å²) in [6.45, 7) is 9.70. The monoisotopic (exact) mass is 479 g/mol. The van der Waals surface area contributed by atoms with Crippen molar-refractivity contribution in [2.75, 3.05) is 79.0 Å². The summed E-state index contributed by atoms with van der Waals surface area (Å²) < 4.78 is 0.953. The van der Waals surface area contributed by atoms with Gasteiger partial charge in [0.05, 0.1) is 0 Å². The minimum Gasteiger partial charge on any atom is -0.340 e. The first-order valence-electron chi connectivity index (χ1n) is 11.0. The van der Waals surface area contributed by atoms with Gasteiger partial charge in [0.25, 0.3) is 5.91 Å². The molecule has 8 heteroatoms. The quantitative estimate of drug-likeness (QED) is 0.609. The fraction of sp³-hybridized carbons (Fsp3) is 0.636. The van der Waals surface area contributed by atoms with E-state index in [2.05, 4.69) is 38.1 Å². The van der Waals surface area contributed by atoms with Gasteiger partial charge in [-0.05, 0) is 44.3 Å². The van der Waals surface area contributed by atoms with Crippen molar-refractivity contribution in [2.45, 2.75) is 12.8 Å². The van der Waals surface area contributed by atoms with Crippen LogP contribution in [-0.2, 0) is 4.79 Å². The van der Waals surface area contributed by atoms with E-state index in [0.29, 0.717) is 25.1 Å². The molecule has 1 aromatic carbocycles. The number of likely N-dealkylation sites (N-methyl/N-ethyl adjacent to an activating group) is 1. The van der Waals surface area contributed by atoms with Gasteiger partial charge in [-0.1, -0.05) is 15.9 Å². The Hall–Kier alpha value is -1.48. The average Bonchev–Trinajstić information content (AvgIpc) is 2.78. The Morgan fingerprint density at radius 1 is 1.00 bits per heavy atom. The maximum Gasteiger partial charge on any atom is 0.253 e. The first-order chi connectivity index (χ1) is 14.5. The average molecular weight is 480 g/mol. The maximum absolute atomic E-state index is 13.1. The van der Waals surface area contributed by atoms with Crippen LogP contribution in [0.5, 0.6) is 0 Å². The Balaban J connectivity index is 1.55. The molecule has 0 radical (unpaired) electrons. The molecule has 0 atom stereocenters. The summed E-state index contributed by atoms with van der Waals surface area (Å²) >= 11 is 3.43. The molecule has 0 bridgehead atoms. The van der Waals surface area contributed by atoms with Crippen LogP contribution in [0.1, 0.15) is 23.2 Å². The van der Waals surface area contributed by atoms with Crippen molar-refractivity contribution in [1.82, 2.24) is 24.9 Å². The molecular formula is C22H34BrN5O2. The summed E-state index contributed by atoms with van der Waals surface area (Å²) in [7, 11) is 2.16. The number of carbonyl (C=O) groups is 2. The SMILES string of the molecule is CN1CCN(CCCN(CCC(=O)N2CCNCC2)C(=O)c2ccc(Br)cc2)CC1.